The van der Waals surface area contributed by atoms with Crippen molar-refractivity contribution in [3.05, 3.63) is 0 Å². The second kappa shape index (κ2) is 2.48. The van der Waals surface area contributed by atoms with E-state index in [1.54, 1.807) is 6.92 Å². The molecular formula is C8H16N2O. The zero-order valence-electron chi connectivity index (χ0n) is 7.35. The molecule has 0 aromatic carbocycles. The van der Waals surface area contributed by atoms with Crippen molar-refractivity contribution < 1.29 is 4.79 Å². The molecule has 1 aliphatic rings. The second-order valence-corrected chi connectivity index (χ2v) is 4.04. The van der Waals surface area contributed by atoms with E-state index in [1.807, 2.05) is 0 Å². The van der Waals surface area contributed by atoms with Gasteiger partial charge in [0.25, 0.3) is 0 Å². The van der Waals surface area contributed by atoms with Crippen LogP contribution >= 0.6 is 0 Å². The van der Waals surface area contributed by atoms with Gasteiger partial charge in [-0.05, 0) is 18.8 Å². The minimum absolute atomic E-state index is 0.193. The Morgan fingerprint density at radius 1 is 1.73 bits per heavy atom. The third kappa shape index (κ3) is 1.93. The highest BCUT2D eigenvalue weighted by molar-refractivity contribution is 5.79. The van der Waals surface area contributed by atoms with Gasteiger partial charge in [0.05, 0.1) is 6.04 Å². The summed E-state index contributed by atoms with van der Waals surface area (Å²) in [4.78, 5) is 10.6. The fourth-order valence-electron chi connectivity index (χ4n) is 1.14. The van der Waals surface area contributed by atoms with E-state index in [0.29, 0.717) is 11.5 Å². The number of primary amides is 1. The van der Waals surface area contributed by atoms with Crippen LogP contribution in [0.4, 0.5) is 0 Å². The van der Waals surface area contributed by atoms with Crippen molar-refractivity contribution in [1.82, 2.24) is 5.32 Å². The zero-order valence-corrected chi connectivity index (χ0v) is 7.35. The van der Waals surface area contributed by atoms with Gasteiger partial charge in [-0.1, -0.05) is 13.8 Å². The van der Waals surface area contributed by atoms with Crippen LogP contribution in [0.25, 0.3) is 0 Å². The average Bonchev–Trinajstić information content (AvgIpc) is 2.39. The molecule has 0 aliphatic heterocycles. The molecule has 11 heavy (non-hydrogen) atoms. The lowest BCUT2D eigenvalue weighted by Gasteiger charge is -2.10. The van der Waals surface area contributed by atoms with E-state index in [1.165, 1.54) is 0 Å². The van der Waals surface area contributed by atoms with Crippen LogP contribution < -0.4 is 11.1 Å². The van der Waals surface area contributed by atoms with E-state index < -0.39 is 0 Å². The number of rotatable bonds is 3. The largest absolute Gasteiger partial charge is 0.368 e. The van der Waals surface area contributed by atoms with Crippen LogP contribution in [0.1, 0.15) is 27.2 Å². The molecule has 64 valence electrons. The number of carbonyl (C=O) groups excluding carboxylic acids is 1. The quantitative estimate of drug-likeness (QED) is 0.615. The number of hydrogen-bond acceptors (Lipinski definition) is 2. The molecule has 0 bridgehead atoms. The van der Waals surface area contributed by atoms with Crippen molar-refractivity contribution in [3.63, 3.8) is 0 Å². The van der Waals surface area contributed by atoms with Gasteiger partial charge in [-0.25, -0.2) is 0 Å². The standard InChI is InChI=1S/C8H16N2O/c1-5(7(9)11)10-6-4-8(6,2)3/h5-6,10H,4H2,1-3H3,(H2,9,11). The first-order chi connectivity index (χ1) is 4.93. The smallest absolute Gasteiger partial charge is 0.234 e. The zero-order chi connectivity index (χ0) is 8.65. The lowest BCUT2D eigenvalue weighted by Crippen LogP contribution is -2.41. The Labute approximate surface area is 67.3 Å². The second-order valence-electron chi connectivity index (χ2n) is 4.04. The molecule has 1 amide bonds. The Morgan fingerprint density at radius 3 is 2.45 bits per heavy atom. The van der Waals surface area contributed by atoms with E-state index in [-0.39, 0.29) is 11.9 Å². The highest BCUT2D eigenvalue weighted by Gasteiger charge is 2.46. The Balaban J connectivity index is 2.29. The maximum Gasteiger partial charge on any atom is 0.234 e. The molecule has 1 fully saturated rings. The summed E-state index contributed by atoms with van der Waals surface area (Å²) < 4.78 is 0. The molecule has 0 heterocycles. The summed E-state index contributed by atoms with van der Waals surface area (Å²) in [6, 6.07) is 0.284. The average molecular weight is 156 g/mol. The van der Waals surface area contributed by atoms with Crippen molar-refractivity contribution in [3.8, 4) is 0 Å². The first-order valence-corrected chi connectivity index (χ1v) is 3.99. The molecule has 2 atom stereocenters. The van der Waals surface area contributed by atoms with Gasteiger partial charge in [-0.2, -0.15) is 0 Å². The van der Waals surface area contributed by atoms with Crippen LogP contribution in [0, 0.1) is 5.41 Å². The summed E-state index contributed by atoms with van der Waals surface area (Å²) in [5.41, 5.74) is 5.46. The summed E-state index contributed by atoms with van der Waals surface area (Å²) in [6.45, 7) is 6.16. The minimum Gasteiger partial charge on any atom is -0.368 e. The number of amides is 1. The number of nitrogens with two attached hydrogens (primary N) is 1. The number of hydrogen-bond donors (Lipinski definition) is 2. The molecule has 0 radical (unpaired) electrons. The summed E-state index contributed by atoms with van der Waals surface area (Å²) in [7, 11) is 0. The lowest BCUT2D eigenvalue weighted by molar-refractivity contribution is -0.119. The summed E-state index contributed by atoms with van der Waals surface area (Å²) >= 11 is 0. The third-order valence-electron chi connectivity index (χ3n) is 2.39. The van der Waals surface area contributed by atoms with Crippen LogP contribution in [0.15, 0.2) is 0 Å². The topological polar surface area (TPSA) is 55.1 Å². The normalized spacial score (nSPS) is 29.5. The van der Waals surface area contributed by atoms with Crippen molar-refractivity contribution >= 4 is 5.91 Å². The van der Waals surface area contributed by atoms with Gasteiger partial charge >= 0.3 is 0 Å². The highest BCUT2D eigenvalue weighted by atomic mass is 16.1. The molecule has 3 N–H and O–H groups in total. The Kier molecular flexibility index (Phi) is 1.92. The summed E-state index contributed by atoms with van der Waals surface area (Å²) in [5.74, 6) is -0.271. The van der Waals surface area contributed by atoms with Crippen LogP contribution in [-0.2, 0) is 4.79 Å². The van der Waals surface area contributed by atoms with E-state index >= 15 is 0 Å². The maximum atomic E-state index is 10.6. The van der Waals surface area contributed by atoms with Gasteiger partial charge in [0.1, 0.15) is 0 Å². The fraction of sp³-hybridized carbons (Fsp3) is 0.875. The van der Waals surface area contributed by atoms with E-state index in [9.17, 15) is 4.79 Å². The molecule has 3 heteroatoms. The molecular weight excluding hydrogens is 140 g/mol. The van der Waals surface area contributed by atoms with E-state index in [0.717, 1.165) is 6.42 Å². The van der Waals surface area contributed by atoms with Gasteiger partial charge in [0, 0.05) is 6.04 Å². The molecule has 0 aromatic heterocycles. The lowest BCUT2D eigenvalue weighted by atomic mass is 10.2. The van der Waals surface area contributed by atoms with Gasteiger partial charge < -0.3 is 11.1 Å². The van der Waals surface area contributed by atoms with Crippen LogP contribution in [0.2, 0.25) is 0 Å². The fourth-order valence-corrected chi connectivity index (χ4v) is 1.14. The summed E-state index contributed by atoms with van der Waals surface area (Å²) in [6.07, 6.45) is 1.14. The van der Waals surface area contributed by atoms with Crippen LogP contribution in [0.3, 0.4) is 0 Å². The number of carbonyl (C=O) groups is 1. The SMILES string of the molecule is CC(NC1CC1(C)C)C(N)=O. The first kappa shape index (κ1) is 8.53. The highest BCUT2D eigenvalue weighted by Crippen LogP contribution is 2.44. The van der Waals surface area contributed by atoms with Crippen molar-refractivity contribution in [1.29, 1.82) is 0 Å². The maximum absolute atomic E-state index is 10.6. The molecule has 0 aromatic rings. The Hall–Kier alpha value is -0.570. The predicted molar refractivity (Wildman–Crippen MR) is 44.0 cm³/mol. The van der Waals surface area contributed by atoms with Gasteiger partial charge in [0.15, 0.2) is 0 Å². The molecule has 1 aliphatic carbocycles. The monoisotopic (exact) mass is 156 g/mol. The van der Waals surface area contributed by atoms with Crippen LogP contribution in [0.5, 0.6) is 0 Å². The molecule has 2 unspecified atom stereocenters. The molecule has 1 rings (SSSR count). The van der Waals surface area contributed by atoms with Crippen LogP contribution in [-0.4, -0.2) is 18.0 Å². The molecule has 0 spiro atoms. The molecule has 0 saturated heterocycles. The Bertz CT molecular complexity index is 177. The third-order valence-corrected chi connectivity index (χ3v) is 2.39. The summed E-state index contributed by atoms with van der Waals surface area (Å²) in [5, 5.41) is 3.17. The van der Waals surface area contributed by atoms with E-state index in [4.69, 9.17) is 5.73 Å². The van der Waals surface area contributed by atoms with E-state index in [2.05, 4.69) is 19.2 Å². The van der Waals surface area contributed by atoms with Crippen molar-refractivity contribution in [2.45, 2.75) is 39.3 Å². The minimum atomic E-state index is -0.271. The van der Waals surface area contributed by atoms with Crippen molar-refractivity contribution in [2.24, 2.45) is 11.1 Å². The van der Waals surface area contributed by atoms with Gasteiger partial charge in [-0.15, -0.1) is 0 Å². The van der Waals surface area contributed by atoms with Crippen molar-refractivity contribution in [2.75, 3.05) is 0 Å². The predicted octanol–water partition coefficient (Wildman–Crippen LogP) is 0.248. The van der Waals surface area contributed by atoms with Gasteiger partial charge in [-0.3, -0.25) is 4.79 Å². The Morgan fingerprint density at radius 2 is 2.18 bits per heavy atom. The first-order valence-electron chi connectivity index (χ1n) is 3.99. The molecule has 1 saturated carbocycles. The van der Waals surface area contributed by atoms with Gasteiger partial charge in [0.2, 0.25) is 5.91 Å². The number of nitrogens with one attached hydrogen (secondary N) is 1. The molecule has 3 nitrogen and oxygen atoms in total.